The molecule has 92 valence electrons. The Hall–Kier alpha value is -2.61. The number of aromatic hydroxyl groups is 1. The highest BCUT2D eigenvalue weighted by Gasteiger charge is 2.07. The maximum absolute atomic E-state index is 11.0. The number of rotatable bonds is 2. The van der Waals surface area contributed by atoms with Crippen LogP contribution in [0.1, 0.15) is 10.4 Å². The first-order valence-corrected chi connectivity index (χ1v) is 6.06. The Morgan fingerprint density at radius 1 is 0.842 bits per heavy atom. The minimum absolute atomic E-state index is 0.0231. The smallest absolute Gasteiger partial charge is 0.154 e. The highest BCUT2D eigenvalue weighted by atomic mass is 16.3. The minimum Gasteiger partial charge on any atom is -0.507 e. The predicted octanol–water partition coefficient (Wildman–Crippen LogP) is 4.02. The monoisotopic (exact) mass is 248 g/mol. The Kier molecular flexibility index (Phi) is 2.76. The molecule has 0 amide bonds. The molecule has 2 nitrogen and oxygen atoms in total. The van der Waals surface area contributed by atoms with Crippen LogP contribution in [0.25, 0.3) is 21.9 Å². The summed E-state index contributed by atoms with van der Waals surface area (Å²) in [6.45, 7) is 0. The van der Waals surface area contributed by atoms with Crippen LogP contribution in [-0.4, -0.2) is 11.4 Å². The molecular weight excluding hydrogens is 236 g/mol. The van der Waals surface area contributed by atoms with Gasteiger partial charge in [-0.1, -0.05) is 48.5 Å². The zero-order valence-corrected chi connectivity index (χ0v) is 10.2. The molecular formula is C17H12O2. The van der Waals surface area contributed by atoms with Gasteiger partial charge in [0.05, 0.1) is 5.56 Å². The van der Waals surface area contributed by atoms with Crippen molar-refractivity contribution in [2.24, 2.45) is 0 Å². The van der Waals surface area contributed by atoms with Gasteiger partial charge in [0, 0.05) is 0 Å². The molecule has 0 unspecified atom stereocenters. The Morgan fingerprint density at radius 3 is 2.37 bits per heavy atom. The van der Waals surface area contributed by atoms with Crippen molar-refractivity contribution < 1.29 is 9.90 Å². The Balaban J connectivity index is 2.23. The van der Waals surface area contributed by atoms with E-state index >= 15 is 0 Å². The first kappa shape index (κ1) is 11.5. The topological polar surface area (TPSA) is 37.3 Å². The molecule has 2 heteroatoms. The van der Waals surface area contributed by atoms with Crippen LogP contribution in [0.5, 0.6) is 5.75 Å². The standard InChI is InChI=1S/C17H12O2/c18-11-16-15-8-6-13(12-4-2-1-3-5-12)10-14(15)7-9-17(16)19/h1-11,19H. The van der Waals surface area contributed by atoms with Crippen LogP contribution in [0.15, 0.2) is 60.7 Å². The summed E-state index contributed by atoms with van der Waals surface area (Å²) in [5, 5.41) is 11.4. The van der Waals surface area contributed by atoms with Crippen molar-refractivity contribution in [1.82, 2.24) is 0 Å². The van der Waals surface area contributed by atoms with Crippen molar-refractivity contribution in [1.29, 1.82) is 0 Å². The fraction of sp³-hybridized carbons (Fsp3) is 0. The molecule has 0 aliphatic rings. The van der Waals surface area contributed by atoms with Gasteiger partial charge in [0.2, 0.25) is 0 Å². The van der Waals surface area contributed by atoms with Crippen molar-refractivity contribution >= 4 is 17.1 Å². The van der Waals surface area contributed by atoms with Crippen molar-refractivity contribution in [2.45, 2.75) is 0 Å². The summed E-state index contributed by atoms with van der Waals surface area (Å²) >= 11 is 0. The number of carbonyl (C=O) groups excluding carboxylic acids is 1. The normalized spacial score (nSPS) is 10.5. The van der Waals surface area contributed by atoms with Gasteiger partial charge in [-0.3, -0.25) is 4.79 Å². The average Bonchev–Trinajstić information content (AvgIpc) is 2.47. The van der Waals surface area contributed by atoms with Gasteiger partial charge < -0.3 is 5.11 Å². The third-order valence-corrected chi connectivity index (χ3v) is 3.26. The molecule has 1 N–H and O–H groups in total. The summed E-state index contributed by atoms with van der Waals surface area (Å²) in [6, 6.07) is 19.3. The van der Waals surface area contributed by atoms with Crippen LogP contribution in [0.2, 0.25) is 0 Å². The predicted molar refractivity (Wildman–Crippen MR) is 76.4 cm³/mol. The molecule has 0 aliphatic carbocycles. The molecule has 0 saturated heterocycles. The van der Waals surface area contributed by atoms with E-state index in [2.05, 4.69) is 0 Å². The fourth-order valence-electron chi connectivity index (χ4n) is 2.28. The van der Waals surface area contributed by atoms with Gasteiger partial charge in [0.1, 0.15) is 5.75 Å². The van der Waals surface area contributed by atoms with Crippen LogP contribution >= 0.6 is 0 Å². The largest absolute Gasteiger partial charge is 0.507 e. The fourth-order valence-corrected chi connectivity index (χ4v) is 2.28. The lowest BCUT2D eigenvalue weighted by molar-refractivity contribution is 0.112. The molecule has 3 aromatic rings. The van der Waals surface area contributed by atoms with Gasteiger partial charge >= 0.3 is 0 Å². The molecule has 0 fully saturated rings. The molecule has 3 rings (SSSR count). The lowest BCUT2D eigenvalue weighted by Gasteiger charge is -2.07. The number of aldehydes is 1. The summed E-state index contributed by atoms with van der Waals surface area (Å²) in [5.74, 6) is 0.0231. The number of hydrogen-bond donors (Lipinski definition) is 1. The number of phenols is 1. The molecule has 3 aromatic carbocycles. The van der Waals surface area contributed by atoms with Crippen LogP contribution < -0.4 is 0 Å². The highest BCUT2D eigenvalue weighted by molar-refractivity contribution is 6.02. The maximum Gasteiger partial charge on any atom is 0.154 e. The summed E-state index contributed by atoms with van der Waals surface area (Å²) in [5.41, 5.74) is 2.57. The second-order valence-corrected chi connectivity index (χ2v) is 4.42. The zero-order valence-electron chi connectivity index (χ0n) is 10.2. The minimum atomic E-state index is 0.0231. The van der Waals surface area contributed by atoms with Crippen molar-refractivity contribution in [3.8, 4) is 16.9 Å². The second-order valence-electron chi connectivity index (χ2n) is 4.42. The summed E-state index contributed by atoms with van der Waals surface area (Å²) in [6.07, 6.45) is 0.694. The quantitative estimate of drug-likeness (QED) is 0.695. The first-order valence-electron chi connectivity index (χ1n) is 6.06. The Labute approximate surface area is 110 Å². The lowest BCUT2D eigenvalue weighted by Crippen LogP contribution is -1.86. The summed E-state index contributed by atoms with van der Waals surface area (Å²) < 4.78 is 0. The van der Waals surface area contributed by atoms with Gasteiger partial charge in [0.25, 0.3) is 0 Å². The van der Waals surface area contributed by atoms with E-state index in [1.807, 2.05) is 54.6 Å². The lowest BCUT2D eigenvalue weighted by atomic mass is 9.98. The van der Waals surface area contributed by atoms with E-state index in [4.69, 9.17) is 0 Å². The first-order chi connectivity index (χ1) is 9.29. The van der Waals surface area contributed by atoms with E-state index in [-0.39, 0.29) is 5.75 Å². The second kappa shape index (κ2) is 4.58. The van der Waals surface area contributed by atoms with Crippen molar-refractivity contribution in [2.75, 3.05) is 0 Å². The van der Waals surface area contributed by atoms with Crippen molar-refractivity contribution in [3.63, 3.8) is 0 Å². The molecule has 0 bridgehead atoms. The van der Waals surface area contributed by atoms with Gasteiger partial charge in [0.15, 0.2) is 6.29 Å². The molecule has 0 atom stereocenters. The van der Waals surface area contributed by atoms with E-state index in [0.29, 0.717) is 11.8 Å². The van der Waals surface area contributed by atoms with Crippen LogP contribution in [0, 0.1) is 0 Å². The zero-order chi connectivity index (χ0) is 13.2. The van der Waals surface area contributed by atoms with Crippen LogP contribution in [0.4, 0.5) is 0 Å². The number of hydrogen-bond acceptors (Lipinski definition) is 2. The summed E-state index contributed by atoms with van der Waals surface area (Å²) in [7, 11) is 0. The van der Waals surface area contributed by atoms with Crippen LogP contribution in [-0.2, 0) is 0 Å². The number of carbonyl (C=O) groups is 1. The molecule has 0 spiro atoms. The maximum atomic E-state index is 11.0. The Morgan fingerprint density at radius 2 is 1.63 bits per heavy atom. The van der Waals surface area contributed by atoms with E-state index in [1.54, 1.807) is 6.07 Å². The van der Waals surface area contributed by atoms with Crippen LogP contribution in [0.3, 0.4) is 0 Å². The molecule has 19 heavy (non-hydrogen) atoms. The highest BCUT2D eigenvalue weighted by Crippen LogP contribution is 2.29. The van der Waals surface area contributed by atoms with Gasteiger partial charge in [-0.2, -0.15) is 0 Å². The third kappa shape index (κ3) is 1.97. The molecule has 0 saturated carbocycles. The third-order valence-electron chi connectivity index (χ3n) is 3.26. The Bertz CT molecular complexity index is 746. The molecule has 0 heterocycles. The number of fused-ring (bicyclic) bond motifs is 1. The van der Waals surface area contributed by atoms with E-state index in [0.717, 1.165) is 21.9 Å². The van der Waals surface area contributed by atoms with E-state index in [1.165, 1.54) is 0 Å². The van der Waals surface area contributed by atoms with Gasteiger partial charge in [-0.15, -0.1) is 0 Å². The SMILES string of the molecule is O=Cc1c(O)ccc2cc(-c3ccccc3)ccc12. The summed E-state index contributed by atoms with van der Waals surface area (Å²) in [4.78, 5) is 11.0. The van der Waals surface area contributed by atoms with Gasteiger partial charge in [-0.25, -0.2) is 0 Å². The number of benzene rings is 3. The van der Waals surface area contributed by atoms with Crippen molar-refractivity contribution in [3.05, 3.63) is 66.2 Å². The van der Waals surface area contributed by atoms with Gasteiger partial charge in [-0.05, 0) is 34.0 Å². The van der Waals surface area contributed by atoms with E-state index < -0.39 is 0 Å². The molecule has 0 aliphatic heterocycles. The molecule has 0 radical (unpaired) electrons. The number of phenolic OH excluding ortho intramolecular Hbond substituents is 1. The van der Waals surface area contributed by atoms with E-state index in [9.17, 15) is 9.90 Å². The average molecular weight is 248 g/mol. The molecule has 0 aromatic heterocycles.